The molecule has 0 saturated carbocycles. The molecular formula is C28H40O2. The van der Waals surface area contributed by atoms with E-state index in [0.717, 1.165) is 25.0 Å². The molecule has 0 N–H and O–H groups in total. The van der Waals surface area contributed by atoms with E-state index in [-0.39, 0.29) is 17.8 Å². The number of hydrogen-bond acceptors (Lipinski definition) is 2. The van der Waals surface area contributed by atoms with Crippen molar-refractivity contribution in [3.8, 4) is 5.75 Å². The molecule has 30 heavy (non-hydrogen) atoms. The Kier molecular flexibility index (Phi) is 6.97. The maximum atomic E-state index is 6.30. The maximum Gasteiger partial charge on any atom is 0.197 e. The highest BCUT2D eigenvalue weighted by atomic mass is 16.7. The molecule has 3 atom stereocenters. The molecule has 0 heterocycles. The van der Waals surface area contributed by atoms with Crippen molar-refractivity contribution in [2.24, 2.45) is 10.8 Å². The second-order valence-electron chi connectivity index (χ2n) is 11.2. The quantitative estimate of drug-likeness (QED) is 0.450. The van der Waals surface area contributed by atoms with E-state index in [1.165, 1.54) is 23.1 Å². The molecule has 3 unspecified atom stereocenters. The summed E-state index contributed by atoms with van der Waals surface area (Å²) in [5, 5.41) is 0. The molecule has 0 amide bonds. The third kappa shape index (κ3) is 6.11. The highest BCUT2D eigenvalue weighted by molar-refractivity contribution is 5.32. The molecule has 0 saturated heterocycles. The Hall–Kier alpha value is -1.80. The summed E-state index contributed by atoms with van der Waals surface area (Å²) in [4.78, 5) is 0. The average molecular weight is 409 g/mol. The van der Waals surface area contributed by atoms with Crippen molar-refractivity contribution in [3.05, 3.63) is 65.2 Å². The summed E-state index contributed by atoms with van der Waals surface area (Å²) in [5.41, 5.74) is 4.65. The van der Waals surface area contributed by atoms with Crippen molar-refractivity contribution in [1.29, 1.82) is 0 Å². The van der Waals surface area contributed by atoms with E-state index in [1.54, 1.807) is 0 Å². The van der Waals surface area contributed by atoms with Crippen molar-refractivity contribution in [3.63, 3.8) is 0 Å². The normalized spacial score (nSPS) is 19.1. The third-order valence-electron chi connectivity index (χ3n) is 6.12. The second kappa shape index (κ2) is 9.14. The van der Waals surface area contributed by atoms with Crippen molar-refractivity contribution in [2.45, 2.75) is 92.5 Å². The maximum absolute atomic E-state index is 6.30. The summed E-state index contributed by atoms with van der Waals surface area (Å²) >= 11 is 0. The summed E-state index contributed by atoms with van der Waals surface area (Å²) in [6.45, 7) is 16.0. The fourth-order valence-corrected chi connectivity index (χ4v) is 4.62. The molecule has 2 nitrogen and oxygen atoms in total. The lowest BCUT2D eigenvalue weighted by atomic mass is 9.69. The van der Waals surface area contributed by atoms with Gasteiger partial charge in [0.1, 0.15) is 5.75 Å². The van der Waals surface area contributed by atoms with E-state index < -0.39 is 0 Å². The van der Waals surface area contributed by atoms with Crippen LogP contribution in [0.2, 0.25) is 0 Å². The predicted molar refractivity (Wildman–Crippen MR) is 126 cm³/mol. The molecule has 0 aliphatic heterocycles. The second-order valence-corrected chi connectivity index (χ2v) is 11.2. The van der Waals surface area contributed by atoms with Gasteiger partial charge in [-0.2, -0.15) is 0 Å². The number of ether oxygens (including phenoxy) is 2. The van der Waals surface area contributed by atoms with Crippen LogP contribution in [0.1, 0.15) is 96.4 Å². The van der Waals surface area contributed by atoms with E-state index in [9.17, 15) is 0 Å². The van der Waals surface area contributed by atoms with Crippen LogP contribution in [0.4, 0.5) is 0 Å². The van der Waals surface area contributed by atoms with Crippen molar-refractivity contribution >= 4 is 0 Å². The van der Waals surface area contributed by atoms with Crippen LogP contribution in [-0.4, -0.2) is 6.29 Å². The van der Waals surface area contributed by atoms with Gasteiger partial charge in [0.15, 0.2) is 6.29 Å². The lowest BCUT2D eigenvalue weighted by Gasteiger charge is -2.36. The molecule has 1 aliphatic carbocycles. The third-order valence-corrected chi connectivity index (χ3v) is 6.12. The lowest BCUT2D eigenvalue weighted by Crippen LogP contribution is -2.24. The average Bonchev–Trinajstić information content (AvgIpc) is 2.66. The summed E-state index contributed by atoms with van der Waals surface area (Å²) in [5.74, 6) is 1.39. The van der Waals surface area contributed by atoms with Crippen LogP contribution < -0.4 is 4.74 Å². The zero-order valence-electron chi connectivity index (χ0n) is 20.0. The molecule has 2 heteroatoms. The van der Waals surface area contributed by atoms with Crippen molar-refractivity contribution in [1.82, 2.24) is 0 Å². The molecule has 3 rings (SSSR count). The van der Waals surface area contributed by atoms with Gasteiger partial charge in [-0.05, 0) is 78.2 Å². The van der Waals surface area contributed by atoms with Crippen LogP contribution in [0.15, 0.2) is 48.5 Å². The van der Waals surface area contributed by atoms with Crippen LogP contribution in [0.3, 0.4) is 0 Å². The molecule has 1 aliphatic rings. The van der Waals surface area contributed by atoms with Gasteiger partial charge in [-0.25, -0.2) is 0 Å². The number of rotatable bonds is 6. The van der Waals surface area contributed by atoms with Crippen LogP contribution in [0.25, 0.3) is 0 Å². The van der Waals surface area contributed by atoms with Crippen molar-refractivity contribution < 1.29 is 9.47 Å². The van der Waals surface area contributed by atoms with Crippen LogP contribution >= 0.6 is 0 Å². The van der Waals surface area contributed by atoms with Gasteiger partial charge in [0.05, 0.1) is 6.10 Å². The minimum absolute atomic E-state index is 0.126. The van der Waals surface area contributed by atoms with Gasteiger partial charge in [0.2, 0.25) is 0 Å². The zero-order chi connectivity index (χ0) is 21.9. The molecular weight excluding hydrogens is 368 g/mol. The van der Waals surface area contributed by atoms with E-state index in [1.807, 2.05) is 6.92 Å². The number of fused-ring (bicyclic) bond motifs is 1. The number of hydrogen-bond donors (Lipinski definition) is 0. The fraction of sp³-hybridized carbons (Fsp3) is 0.571. The number of benzene rings is 2. The molecule has 2 aromatic rings. The Morgan fingerprint density at radius 2 is 1.60 bits per heavy atom. The van der Waals surface area contributed by atoms with Crippen LogP contribution in [0.5, 0.6) is 5.75 Å². The fourth-order valence-electron chi connectivity index (χ4n) is 4.62. The first-order valence-corrected chi connectivity index (χ1v) is 11.5. The predicted octanol–water partition coefficient (Wildman–Crippen LogP) is 8.07. The summed E-state index contributed by atoms with van der Waals surface area (Å²) in [7, 11) is 0. The Morgan fingerprint density at radius 3 is 2.23 bits per heavy atom. The Labute approximate surface area is 184 Å². The molecule has 0 spiro atoms. The van der Waals surface area contributed by atoms with E-state index >= 15 is 0 Å². The van der Waals surface area contributed by atoms with Crippen LogP contribution in [-0.2, 0) is 11.2 Å². The van der Waals surface area contributed by atoms with Gasteiger partial charge in [-0.1, -0.05) is 77.9 Å². The molecule has 0 radical (unpaired) electrons. The van der Waals surface area contributed by atoms with E-state index in [4.69, 9.17) is 9.47 Å². The SMILES string of the molecule is CC(Oc1ccc(C(CC(C)(C)C)C(C)(C)C)cc1)OC1CCCc2ccccc21. The molecule has 2 aromatic carbocycles. The van der Waals surface area contributed by atoms with Gasteiger partial charge in [0.25, 0.3) is 0 Å². The Balaban J connectivity index is 1.65. The first kappa shape index (κ1) is 22.9. The smallest absolute Gasteiger partial charge is 0.197 e. The van der Waals surface area contributed by atoms with Gasteiger partial charge in [-0.3, -0.25) is 0 Å². The minimum atomic E-state index is -0.278. The molecule has 164 valence electrons. The first-order valence-electron chi connectivity index (χ1n) is 11.5. The zero-order valence-corrected chi connectivity index (χ0v) is 20.0. The Morgan fingerprint density at radius 1 is 0.933 bits per heavy atom. The standard InChI is InChI=1S/C28H40O2/c1-20(30-26-14-10-12-21-11-8-9-13-24(21)26)29-23-17-15-22(16-18-23)25(28(5,6)7)19-27(2,3)4/h8-9,11,13,15-18,20,25-26H,10,12,14,19H2,1-7H3. The Bertz CT molecular complexity index is 808. The highest BCUT2D eigenvalue weighted by Crippen LogP contribution is 2.43. The van der Waals surface area contributed by atoms with Gasteiger partial charge in [-0.15, -0.1) is 0 Å². The molecule has 0 aromatic heterocycles. The summed E-state index contributed by atoms with van der Waals surface area (Å²) in [6.07, 6.45) is 4.39. The number of aryl methyl sites for hydroxylation is 1. The molecule has 0 fully saturated rings. The highest BCUT2D eigenvalue weighted by Gasteiger charge is 2.30. The lowest BCUT2D eigenvalue weighted by molar-refractivity contribution is -0.114. The summed E-state index contributed by atoms with van der Waals surface area (Å²) < 4.78 is 12.4. The summed E-state index contributed by atoms with van der Waals surface area (Å²) in [6, 6.07) is 17.3. The molecule has 0 bridgehead atoms. The monoisotopic (exact) mass is 408 g/mol. The topological polar surface area (TPSA) is 18.5 Å². The minimum Gasteiger partial charge on any atom is -0.465 e. The van der Waals surface area contributed by atoms with Crippen LogP contribution in [0, 0.1) is 10.8 Å². The van der Waals surface area contributed by atoms with Gasteiger partial charge >= 0.3 is 0 Å². The van der Waals surface area contributed by atoms with Gasteiger partial charge in [0, 0.05) is 0 Å². The van der Waals surface area contributed by atoms with E-state index in [0.29, 0.717) is 11.3 Å². The van der Waals surface area contributed by atoms with E-state index in [2.05, 4.69) is 90.1 Å². The first-order chi connectivity index (χ1) is 14.0. The van der Waals surface area contributed by atoms with Crippen molar-refractivity contribution in [2.75, 3.05) is 0 Å². The largest absolute Gasteiger partial charge is 0.465 e. The van der Waals surface area contributed by atoms with Gasteiger partial charge < -0.3 is 9.47 Å².